The number of carbonyl (C=O) groups is 1. The Kier molecular flexibility index (Phi) is 3.67. The molecule has 0 bridgehead atoms. The van der Waals surface area contributed by atoms with Gasteiger partial charge in [-0.2, -0.15) is 0 Å². The highest BCUT2D eigenvalue weighted by Crippen LogP contribution is 2.34. The smallest absolute Gasteiger partial charge is 0.244 e. The fourth-order valence-corrected chi connectivity index (χ4v) is 1.75. The van der Waals surface area contributed by atoms with Gasteiger partial charge in [-0.25, -0.2) is 0 Å². The van der Waals surface area contributed by atoms with Gasteiger partial charge in [0.05, 0.1) is 19.3 Å². The second kappa shape index (κ2) is 5.23. The molecular weight excluding hydrogens is 230 g/mol. The van der Waals surface area contributed by atoms with Gasteiger partial charge in [-0.15, -0.1) is 0 Å². The number of methoxy groups -OCH3 is 1. The number of aliphatic hydroxyl groups excluding tert-OH is 1. The first kappa shape index (κ1) is 12.6. The first-order chi connectivity index (χ1) is 8.69. The van der Waals surface area contributed by atoms with E-state index < -0.39 is 0 Å². The van der Waals surface area contributed by atoms with Crippen molar-refractivity contribution >= 4 is 12.0 Å². The number of amides is 1. The number of para-hydroxylation sites is 1. The van der Waals surface area contributed by atoms with Gasteiger partial charge in [0.1, 0.15) is 5.75 Å². The molecule has 4 heteroatoms. The van der Waals surface area contributed by atoms with Gasteiger partial charge in [-0.1, -0.05) is 18.2 Å². The molecule has 0 saturated heterocycles. The van der Waals surface area contributed by atoms with Crippen molar-refractivity contribution in [2.24, 2.45) is 0 Å². The molecule has 1 amide bonds. The molecule has 1 saturated carbocycles. The lowest BCUT2D eigenvalue weighted by atomic mass is 10.2. The summed E-state index contributed by atoms with van der Waals surface area (Å²) in [6.45, 7) is 0.00123. The number of benzene rings is 1. The molecular formula is C14H17NO3. The highest BCUT2D eigenvalue weighted by atomic mass is 16.5. The summed E-state index contributed by atoms with van der Waals surface area (Å²) in [5.41, 5.74) is 0.478. The number of nitrogens with one attached hydrogen (secondary N) is 1. The van der Waals surface area contributed by atoms with Crippen LogP contribution in [0.25, 0.3) is 6.08 Å². The van der Waals surface area contributed by atoms with Crippen LogP contribution in [0.15, 0.2) is 30.3 Å². The van der Waals surface area contributed by atoms with Gasteiger partial charge in [0.25, 0.3) is 0 Å². The van der Waals surface area contributed by atoms with Gasteiger partial charge in [0.2, 0.25) is 5.91 Å². The molecule has 0 spiro atoms. The Hall–Kier alpha value is -1.81. The molecule has 1 aliphatic carbocycles. The van der Waals surface area contributed by atoms with Crippen LogP contribution in [0.3, 0.4) is 0 Å². The molecule has 1 aliphatic rings. The molecule has 4 nitrogen and oxygen atoms in total. The van der Waals surface area contributed by atoms with Crippen LogP contribution >= 0.6 is 0 Å². The monoisotopic (exact) mass is 247 g/mol. The normalized spacial score (nSPS) is 16.6. The van der Waals surface area contributed by atoms with Crippen LogP contribution in [0.5, 0.6) is 5.75 Å². The lowest BCUT2D eigenvalue weighted by Crippen LogP contribution is -2.38. The molecule has 0 heterocycles. The minimum atomic E-state index is -0.373. The van der Waals surface area contributed by atoms with Crippen molar-refractivity contribution in [3.8, 4) is 5.75 Å². The molecule has 0 atom stereocenters. The van der Waals surface area contributed by atoms with Crippen molar-refractivity contribution in [3.05, 3.63) is 35.9 Å². The minimum Gasteiger partial charge on any atom is -0.496 e. The Bertz CT molecular complexity index is 464. The number of carbonyl (C=O) groups excluding carboxylic acids is 1. The molecule has 0 aliphatic heterocycles. The summed E-state index contributed by atoms with van der Waals surface area (Å²) in [4.78, 5) is 11.7. The van der Waals surface area contributed by atoms with E-state index in [-0.39, 0.29) is 18.1 Å². The van der Waals surface area contributed by atoms with Crippen molar-refractivity contribution in [3.63, 3.8) is 0 Å². The maximum absolute atomic E-state index is 11.7. The Balaban J connectivity index is 2.00. The van der Waals surface area contributed by atoms with Gasteiger partial charge in [0.15, 0.2) is 0 Å². The van der Waals surface area contributed by atoms with Gasteiger partial charge in [0, 0.05) is 11.6 Å². The minimum absolute atomic E-state index is 0.00123. The van der Waals surface area contributed by atoms with Crippen LogP contribution in [0, 0.1) is 0 Å². The van der Waals surface area contributed by atoms with Gasteiger partial charge >= 0.3 is 0 Å². The zero-order chi connectivity index (χ0) is 13.0. The molecule has 18 heavy (non-hydrogen) atoms. The Morgan fingerprint density at radius 3 is 2.83 bits per heavy atom. The van der Waals surface area contributed by atoms with E-state index in [0.717, 1.165) is 24.2 Å². The zero-order valence-electron chi connectivity index (χ0n) is 10.3. The Labute approximate surface area is 106 Å². The van der Waals surface area contributed by atoms with Crippen molar-refractivity contribution in [1.82, 2.24) is 5.32 Å². The van der Waals surface area contributed by atoms with Crippen LogP contribution in [-0.4, -0.2) is 30.3 Å². The second-order valence-corrected chi connectivity index (χ2v) is 4.50. The summed E-state index contributed by atoms with van der Waals surface area (Å²) in [5, 5.41) is 11.9. The van der Waals surface area contributed by atoms with Crippen molar-refractivity contribution in [1.29, 1.82) is 0 Å². The lowest BCUT2D eigenvalue weighted by molar-refractivity contribution is -0.117. The van der Waals surface area contributed by atoms with Crippen LogP contribution in [0.2, 0.25) is 0 Å². The van der Waals surface area contributed by atoms with Crippen LogP contribution in [0.1, 0.15) is 18.4 Å². The highest BCUT2D eigenvalue weighted by molar-refractivity contribution is 5.92. The number of hydrogen-bond donors (Lipinski definition) is 2. The third-order valence-electron chi connectivity index (χ3n) is 3.10. The molecule has 0 unspecified atom stereocenters. The maximum atomic E-state index is 11.7. The van der Waals surface area contributed by atoms with E-state index in [4.69, 9.17) is 9.84 Å². The quantitative estimate of drug-likeness (QED) is 0.772. The molecule has 96 valence electrons. The topological polar surface area (TPSA) is 58.6 Å². The summed E-state index contributed by atoms with van der Waals surface area (Å²) in [6, 6.07) is 7.48. The Morgan fingerprint density at radius 1 is 1.50 bits per heavy atom. The van der Waals surface area contributed by atoms with Crippen LogP contribution in [-0.2, 0) is 4.79 Å². The largest absolute Gasteiger partial charge is 0.496 e. The predicted octanol–water partition coefficient (Wildman–Crippen LogP) is 1.35. The molecule has 2 rings (SSSR count). The maximum Gasteiger partial charge on any atom is 0.244 e. The Morgan fingerprint density at radius 2 is 2.22 bits per heavy atom. The third-order valence-corrected chi connectivity index (χ3v) is 3.10. The second-order valence-electron chi connectivity index (χ2n) is 4.50. The van der Waals surface area contributed by atoms with Crippen molar-refractivity contribution < 1.29 is 14.6 Å². The van der Waals surface area contributed by atoms with Crippen molar-refractivity contribution in [2.45, 2.75) is 18.4 Å². The van der Waals surface area contributed by atoms with Crippen LogP contribution < -0.4 is 10.1 Å². The predicted molar refractivity (Wildman–Crippen MR) is 69.2 cm³/mol. The first-order valence-electron chi connectivity index (χ1n) is 5.93. The van der Waals surface area contributed by atoms with Gasteiger partial charge in [-0.05, 0) is 25.0 Å². The SMILES string of the molecule is COc1ccccc1/C=C/C(=O)NC1(CO)CC1. The van der Waals surface area contributed by atoms with E-state index >= 15 is 0 Å². The summed E-state index contributed by atoms with van der Waals surface area (Å²) < 4.78 is 5.19. The standard InChI is InChI=1S/C14H17NO3/c1-18-12-5-3-2-4-11(12)6-7-13(17)15-14(10-16)8-9-14/h2-7,16H,8-10H2,1H3,(H,15,17)/b7-6+. The van der Waals surface area contributed by atoms with E-state index in [2.05, 4.69) is 5.32 Å². The van der Waals surface area contributed by atoms with E-state index in [9.17, 15) is 4.79 Å². The summed E-state index contributed by atoms with van der Waals surface area (Å²) in [5.74, 6) is 0.539. The number of aliphatic hydroxyl groups is 1. The molecule has 0 radical (unpaired) electrons. The summed E-state index contributed by atoms with van der Waals surface area (Å²) in [7, 11) is 1.59. The highest BCUT2D eigenvalue weighted by Gasteiger charge is 2.42. The van der Waals surface area contributed by atoms with E-state index in [1.807, 2.05) is 24.3 Å². The van der Waals surface area contributed by atoms with Crippen LogP contribution in [0.4, 0.5) is 0 Å². The molecule has 2 N–H and O–H groups in total. The average molecular weight is 247 g/mol. The van der Waals surface area contributed by atoms with E-state index in [0.29, 0.717) is 0 Å². The fourth-order valence-electron chi connectivity index (χ4n) is 1.75. The molecule has 1 aromatic rings. The van der Waals surface area contributed by atoms with E-state index in [1.54, 1.807) is 13.2 Å². The number of ether oxygens (including phenoxy) is 1. The molecule has 0 aromatic heterocycles. The van der Waals surface area contributed by atoms with Gasteiger partial charge in [-0.3, -0.25) is 4.79 Å². The average Bonchev–Trinajstić information content (AvgIpc) is 3.17. The summed E-state index contributed by atoms with van der Waals surface area (Å²) in [6.07, 6.45) is 4.87. The number of hydrogen-bond acceptors (Lipinski definition) is 3. The van der Waals surface area contributed by atoms with Gasteiger partial charge < -0.3 is 15.2 Å². The molecule has 1 fully saturated rings. The number of rotatable bonds is 5. The van der Waals surface area contributed by atoms with Crippen molar-refractivity contribution in [2.75, 3.05) is 13.7 Å². The third kappa shape index (κ3) is 2.90. The fraction of sp³-hybridized carbons (Fsp3) is 0.357. The summed E-state index contributed by atoms with van der Waals surface area (Å²) >= 11 is 0. The lowest BCUT2D eigenvalue weighted by Gasteiger charge is -2.12. The van der Waals surface area contributed by atoms with E-state index in [1.165, 1.54) is 6.08 Å². The first-order valence-corrected chi connectivity index (χ1v) is 5.93. The zero-order valence-corrected chi connectivity index (χ0v) is 10.3. The molecule has 1 aromatic carbocycles.